The zero-order valence-corrected chi connectivity index (χ0v) is 17.8. The van der Waals surface area contributed by atoms with Gasteiger partial charge in [0.05, 0.1) is 16.7 Å². The number of nitrogens with one attached hydrogen (secondary N) is 1. The summed E-state index contributed by atoms with van der Waals surface area (Å²) < 4.78 is 20.6. The van der Waals surface area contributed by atoms with E-state index in [2.05, 4.69) is 20.2 Å². The molecule has 0 saturated carbocycles. The highest BCUT2D eigenvalue weighted by molar-refractivity contribution is 7.09. The number of para-hydroxylation sites is 2. The normalized spacial score (nSPS) is 15.5. The summed E-state index contributed by atoms with van der Waals surface area (Å²) in [5.74, 6) is 0.356. The van der Waals surface area contributed by atoms with E-state index in [1.54, 1.807) is 23.5 Å². The van der Waals surface area contributed by atoms with Crippen molar-refractivity contribution in [3.05, 3.63) is 80.9 Å². The van der Waals surface area contributed by atoms with Crippen molar-refractivity contribution in [3.63, 3.8) is 0 Å². The number of aromatic nitrogens is 3. The summed E-state index contributed by atoms with van der Waals surface area (Å²) in [4.78, 5) is 22.5. The van der Waals surface area contributed by atoms with Gasteiger partial charge in [0.1, 0.15) is 23.2 Å². The van der Waals surface area contributed by atoms with Crippen LogP contribution in [-0.4, -0.2) is 32.5 Å². The van der Waals surface area contributed by atoms with E-state index >= 15 is 0 Å². The van der Waals surface area contributed by atoms with Crippen LogP contribution in [0.5, 0.6) is 5.75 Å². The van der Waals surface area contributed by atoms with Crippen molar-refractivity contribution in [1.82, 2.24) is 19.4 Å². The standard InChI is InChI=1S/C23H23FN4O2S/c24-16-5-7-19(8-6-16)30-14-22-25-17(15-31-22)13-27-11-9-18(10-12-27)28-21-4-2-1-3-20(21)26-23(28)29/h1-8,15,18H,9-14H2,(H,26,29). The van der Waals surface area contributed by atoms with Crippen LogP contribution >= 0.6 is 11.3 Å². The molecule has 5 rings (SSSR count). The Morgan fingerprint density at radius 3 is 2.71 bits per heavy atom. The number of hydrogen-bond acceptors (Lipinski definition) is 5. The van der Waals surface area contributed by atoms with E-state index in [0.29, 0.717) is 12.4 Å². The Labute approximate surface area is 182 Å². The van der Waals surface area contributed by atoms with Gasteiger partial charge in [-0.25, -0.2) is 14.2 Å². The number of nitrogens with zero attached hydrogens (tertiary/aromatic N) is 3. The van der Waals surface area contributed by atoms with Gasteiger partial charge in [0, 0.05) is 31.1 Å². The van der Waals surface area contributed by atoms with Crippen molar-refractivity contribution < 1.29 is 9.13 Å². The molecule has 0 bridgehead atoms. The molecule has 0 spiro atoms. The molecule has 0 amide bonds. The number of aromatic amines is 1. The van der Waals surface area contributed by atoms with Crippen molar-refractivity contribution in [2.75, 3.05) is 13.1 Å². The first-order valence-corrected chi connectivity index (χ1v) is 11.3. The Morgan fingerprint density at radius 2 is 1.90 bits per heavy atom. The third kappa shape index (κ3) is 4.40. The number of hydrogen-bond donors (Lipinski definition) is 1. The number of imidazole rings is 1. The maximum absolute atomic E-state index is 13.0. The molecule has 2 aromatic carbocycles. The lowest BCUT2D eigenvalue weighted by Crippen LogP contribution is -2.36. The van der Waals surface area contributed by atoms with Gasteiger partial charge in [0.2, 0.25) is 0 Å². The van der Waals surface area contributed by atoms with E-state index in [4.69, 9.17) is 4.74 Å². The highest BCUT2D eigenvalue weighted by atomic mass is 32.1. The van der Waals surface area contributed by atoms with Gasteiger partial charge in [0.25, 0.3) is 0 Å². The number of benzene rings is 2. The van der Waals surface area contributed by atoms with Crippen LogP contribution in [0.4, 0.5) is 4.39 Å². The van der Waals surface area contributed by atoms with E-state index < -0.39 is 0 Å². The number of H-pyrrole nitrogens is 1. The Bertz CT molecular complexity index is 1220. The van der Waals surface area contributed by atoms with Gasteiger partial charge in [-0.15, -0.1) is 11.3 Å². The molecule has 2 aromatic heterocycles. The molecule has 0 aliphatic carbocycles. The third-order valence-electron chi connectivity index (χ3n) is 5.71. The molecule has 3 heterocycles. The first kappa shape index (κ1) is 20.0. The van der Waals surface area contributed by atoms with Crippen molar-refractivity contribution >= 4 is 22.4 Å². The molecule has 6 nitrogen and oxygen atoms in total. The van der Waals surface area contributed by atoms with Crippen LogP contribution in [-0.2, 0) is 13.2 Å². The first-order valence-electron chi connectivity index (χ1n) is 10.4. The number of halogens is 1. The molecule has 4 aromatic rings. The second-order valence-electron chi connectivity index (χ2n) is 7.80. The van der Waals surface area contributed by atoms with Crippen LogP contribution in [0.25, 0.3) is 11.0 Å². The van der Waals surface area contributed by atoms with Crippen LogP contribution < -0.4 is 10.4 Å². The van der Waals surface area contributed by atoms with Crippen LogP contribution in [0.2, 0.25) is 0 Å². The summed E-state index contributed by atoms with van der Waals surface area (Å²) in [7, 11) is 0. The fraction of sp³-hybridized carbons (Fsp3) is 0.304. The van der Waals surface area contributed by atoms with Crippen LogP contribution in [0, 0.1) is 5.82 Å². The number of ether oxygens (including phenoxy) is 1. The van der Waals surface area contributed by atoms with Crippen molar-refractivity contribution in [2.45, 2.75) is 32.0 Å². The number of likely N-dealkylation sites (tertiary alicyclic amines) is 1. The third-order valence-corrected chi connectivity index (χ3v) is 6.58. The molecule has 1 fully saturated rings. The average Bonchev–Trinajstić information content (AvgIpc) is 3.37. The van der Waals surface area contributed by atoms with E-state index in [0.717, 1.165) is 54.2 Å². The molecule has 1 aliphatic rings. The van der Waals surface area contributed by atoms with Crippen LogP contribution in [0.3, 0.4) is 0 Å². The highest BCUT2D eigenvalue weighted by Crippen LogP contribution is 2.26. The molecule has 0 unspecified atom stereocenters. The molecule has 1 aliphatic heterocycles. The minimum atomic E-state index is -0.276. The second kappa shape index (κ2) is 8.64. The second-order valence-corrected chi connectivity index (χ2v) is 8.74. The smallest absolute Gasteiger partial charge is 0.326 e. The minimum Gasteiger partial charge on any atom is -0.486 e. The lowest BCUT2D eigenvalue weighted by Gasteiger charge is -2.32. The Hall–Kier alpha value is -2.97. The zero-order valence-electron chi connectivity index (χ0n) is 17.0. The van der Waals surface area contributed by atoms with E-state index in [9.17, 15) is 9.18 Å². The molecule has 31 heavy (non-hydrogen) atoms. The van der Waals surface area contributed by atoms with Crippen LogP contribution in [0.1, 0.15) is 29.6 Å². The van der Waals surface area contributed by atoms with Gasteiger partial charge in [-0.1, -0.05) is 12.1 Å². The fourth-order valence-corrected chi connectivity index (χ4v) is 4.86. The summed E-state index contributed by atoms with van der Waals surface area (Å²) in [6.07, 6.45) is 1.87. The molecule has 1 saturated heterocycles. The van der Waals surface area contributed by atoms with Crippen LogP contribution in [0.15, 0.2) is 58.7 Å². The summed E-state index contributed by atoms with van der Waals surface area (Å²) >= 11 is 1.58. The van der Waals surface area contributed by atoms with Gasteiger partial charge in [-0.2, -0.15) is 0 Å². The Kier molecular flexibility index (Phi) is 5.57. The average molecular weight is 439 g/mol. The summed E-state index contributed by atoms with van der Waals surface area (Å²) in [6, 6.07) is 14.1. The molecule has 0 radical (unpaired) electrons. The van der Waals surface area contributed by atoms with E-state index in [1.165, 1.54) is 12.1 Å². The predicted molar refractivity (Wildman–Crippen MR) is 119 cm³/mol. The van der Waals surface area contributed by atoms with Gasteiger partial charge < -0.3 is 9.72 Å². The molecular weight excluding hydrogens is 415 g/mol. The number of rotatable bonds is 6. The largest absolute Gasteiger partial charge is 0.486 e. The summed E-state index contributed by atoms with van der Waals surface area (Å²) in [5, 5.41) is 2.97. The molecule has 0 atom stereocenters. The van der Waals surface area contributed by atoms with Crippen molar-refractivity contribution in [3.8, 4) is 5.75 Å². The maximum Gasteiger partial charge on any atom is 0.326 e. The monoisotopic (exact) mass is 438 g/mol. The van der Waals surface area contributed by atoms with Gasteiger partial charge in [0.15, 0.2) is 0 Å². The number of fused-ring (bicyclic) bond motifs is 1. The van der Waals surface area contributed by atoms with Gasteiger partial charge in [-0.3, -0.25) is 9.47 Å². The molecule has 1 N–H and O–H groups in total. The van der Waals surface area contributed by atoms with Crippen molar-refractivity contribution in [1.29, 1.82) is 0 Å². The highest BCUT2D eigenvalue weighted by Gasteiger charge is 2.24. The quantitative estimate of drug-likeness (QED) is 0.486. The predicted octanol–water partition coefficient (Wildman–Crippen LogP) is 4.34. The SMILES string of the molecule is O=c1[nH]c2ccccc2n1C1CCN(Cc2csc(COc3ccc(F)cc3)n2)CC1. The minimum absolute atomic E-state index is 0.0232. The van der Waals surface area contributed by atoms with Gasteiger partial charge in [-0.05, 0) is 49.2 Å². The molecule has 8 heteroatoms. The molecular formula is C23H23FN4O2S. The summed E-state index contributed by atoms with van der Waals surface area (Å²) in [5.41, 5.74) is 2.89. The van der Waals surface area contributed by atoms with E-state index in [1.807, 2.05) is 28.8 Å². The summed E-state index contributed by atoms with van der Waals surface area (Å²) in [6.45, 7) is 3.02. The number of piperidine rings is 1. The fourth-order valence-electron chi connectivity index (χ4n) is 4.17. The maximum atomic E-state index is 13.0. The lowest BCUT2D eigenvalue weighted by atomic mass is 10.0. The Morgan fingerprint density at radius 1 is 1.13 bits per heavy atom. The topological polar surface area (TPSA) is 63.2 Å². The first-order chi connectivity index (χ1) is 15.2. The van der Waals surface area contributed by atoms with Crippen molar-refractivity contribution in [2.24, 2.45) is 0 Å². The zero-order chi connectivity index (χ0) is 21.2. The lowest BCUT2D eigenvalue weighted by molar-refractivity contribution is 0.178. The number of thiazole rings is 1. The van der Waals surface area contributed by atoms with Gasteiger partial charge >= 0.3 is 5.69 Å². The molecule has 160 valence electrons. The Balaban J connectivity index is 1.16. The van der Waals surface area contributed by atoms with E-state index in [-0.39, 0.29) is 17.5 Å².